The van der Waals surface area contributed by atoms with Crippen molar-refractivity contribution in [3.63, 3.8) is 0 Å². The van der Waals surface area contributed by atoms with Gasteiger partial charge in [0.25, 0.3) is 5.69 Å². The molecule has 2 N–H and O–H groups in total. The van der Waals surface area contributed by atoms with Gasteiger partial charge in [0.15, 0.2) is 0 Å². The smallest absolute Gasteiger partial charge is 0.288 e. The van der Waals surface area contributed by atoms with Crippen molar-refractivity contribution < 1.29 is 4.92 Å². The third kappa shape index (κ3) is 2.46. The van der Waals surface area contributed by atoms with Crippen molar-refractivity contribution >= 4 is 28.6 Å². The van der Waals surface area contributed by atoms with Gasteiger partial charge >= 0.3 is 0 Å². The maximum Gasteiger partial charge on any atom is 0.288 e. The van der Waals surface area contributed by atoms with Crippen LogP contribution in [-0.4, -0.2) is 4.92 Å². The van der Waals surface area contributed by atoms with Crippen LogP contribution in [0.3, 0.4) is 0 Å². The van der Waals surface area contributed by atoms with Crippen molar-refractivity contribution in [3.8, 4) is 0 Å². The molecule has 0 amide bonds. The fraction of sp³-hybridized carbons (Fsp3) is 0.0909. The quantitative estimate of drug-likeness (QED) is 0.685. The van der Waals surface area contributed by atoms with E-state index in [2.05, 4.69) is 0 Å². The van der Waals surface area contributed by atoms with Crippen molar-refractivity contribution in [1.29, 1.82) is 0 Å². The summed E-state index contributed by atoms with van der Waals surface area (Å²) >= 11 is 7.28. The normalized spacial score (nSPS) is 12.4. The zero-order valence-corrected chi connectivity index (χ0v) is 10.2. The topological polar surface area (TPSA) is 69.2 Å². The largest absolute Gasteiger partial charge is 0.320 e. The van der Waals surface area contributed by atoms with E-state index in [1.807, 2.05) is 16.8 Å². The van der Waals surface area contributed by atoms with Gasteiger partial charge in [-0.05, 0) is 34.0 Å². The average Bonchev–Trinajstić information content (AvgIpc) is 2.81. The molecule has 4 nitrogen and oxygen atoms in total. The molecule has 0 aliphatic carbocycles. The average molecular weight is 269 g/mol. The van der Waals surface area contributed by atoms with Gasteiger partial charge < -0.3 is 5.73 Å². The number of nitro benzene ring substituents is 1. The highest BCUT2D eigenvalue weighted by Gasteiger charge is 2.17. The van der Waals surface area contributed by atoms with Gasteiger partial charge in [-0.3, -0.25) is 10.1 Å². The molecule has 6 heteroatoms. The first-order valence-electron chi connectivity index (χ1n) is 4.81. The molecule has 2 rings (SSSR count). The van der Waals surface area contributed by atoms with Crippen molar-refractivity contribution in [1.82, 2.24) is 0 Å². The van der Waals surface area contributed by atoms with Crippen molar-refractivity contribution in [3.05, 3.63) is 61.3 Å². The Morgan fingerprint density at radius 3 is 2.71 bits per heavy atom. The number of thiophene rings is 1. The molecule has 0 unspecified atom stereocenters. The van der Waals surface area contributed by atoms with Crippen LogP contribution < -0.4 is 5.73 Å². The summed E-state index contributed by atoms with van der Waals surface area (Å²) < 4.78 is 0. The summed E-state index contributed by atoms with van der Waals surface area (Å²) in [6, 6.07) is 6.16. The molecule has 0 aliphatic heterocycles. The lowest BCUT2D eigenvalue weighted by Gasteiger charge is -2.10. The first-order valence-corrected chi connectivity index (χ1v) is 6.13. The predicted molar refractivity (Wildman–Crippen MR) is 68.5 cm³/mol. The van der Waals surface area contributed by atoms with E-state index in [4.69, 9.17) is 17.3 Å². The van der Waals surface area contributed by atoms with Crippen LogP contribution in [0.2, 0.25) is 5.02 Å². The van der Waals surface area contributed by atoms with E-state index in [1.165, 1.54) is 23.5 Å². The van der Waals surface area contributed by atoms with Crippen LogP contribution in [0.15, 0.2) is 35.0 Å². The number of nitro groups is 1. The maximum atomic E-state index is 10.8. The van der Waals surface area contributed by atoms with Gasteiger partial charge in [0, 0.05) is 6.07 Å². The van der Waals surface area contributed by atoms with Crippen molar-refractivity contribution in [2.24, 2.45) is 5.73 Å². The van der Waals surface area contributed by atoms with E-state index in [-0.39, 0.29) is 16.8 Å². The van der Waals surface area contributed by atoms with Crippen molar-refractivity contribution in [2.45, 2.75) is 6.04 Å². The molecule has 0 saturated carbocycles. The molecule has 1 aromatic heterocycles. The lowest BCUT2D eigenvalue weighted by atomic mass is 10.0. The zero-order valence-electron chi connectivity index (χ0n) is 8.67. The monoisotopic (exact) mass is 268 g/mol. The van der Waals surface area contributed by atoms with Crippen LogP contribution >= 0.6 is 22.9 Å². The Hall–Kier alpha value is -1.43. The van der Waals surface area contributed by atoms with E-state index in [0.717, 1.165) is 5.56 Å². The van der Waals surface area contributed by atoms with Gasteiger partial charge in [-0.1, -0.05) is 17.7 Å². The SMILES string of the molecule is N[C@@H](c1ccsc1)c1ccc(Cl)c([N+](=O)[O-])c1. The number of nitrogens with two attached hydrogens (primary N) is 1. The molecule has 0 fully saturated rings. The van der Waals surface area contributed by atoms with Crippen LogP contribution in [0.4, 0.5) is 5.69 Å². The van der Waals surface area contributed by atoms with Crippen LogP contribution in [0.1, 0.15) is 17.2 Å². The summed E-state index contributed by atoms with van der Waals surface area (Å²) in [7, 11) is 0. The standard InChI is InChI=1S/C11H9ClN2O2S/c12-9-2-1-7(5-10(9)14(15)16)11(13)8-3-4-17-6-8/h1-6,11H,13H2/t11-/m1/s1. The fourth-order valence-electron chi connectivity index (χ4n) is 1.51. The molecule has 88 valence electrons. The second-order valence-electron chi connectivity index (χ2n) is 3.50. The van der Waals surface area contributed by atoms with Crippen LogP contribution in [0.25, 0.3) is 0 Å². The van der Waals surface area contributed by atoms with Crippen LogP contribution in [0.5, 0.6) is 0 Å². The van der Waals surface area contributed by atoms with Crippen LogP contribution in [0, 0.1) is 10.1 Å². The van der Waals surface area contributed by atoms with Crippen LogP contribution in [-0.2, 0) is 0 Å². The Morgan fingerprint density at radius 2 is 2.12 bits per heavy atom. The summed E-state index contributed by atoms with van der Waals surface area (Å²) in [4.78, 5) is 10.3. The first-order chi connectivity index (χ1) is 8.09. The highest BCUT2D eigenvalue weighted by Crippen LogP contribution is 2.29. The number of nitrogens with zero attached hydrogens (tertiary/aromatic N) is 1. The molecule has 1 aromatic carbocycles. The minimum atomic E-state index is -0.508. The third-order valence-electron chi connectivity index (χ3n) is 2.43. The van der Waals surface area contributed by atoms with Gasteiger partial charge in [-0.2, -0.15) is 11.3 Å². The van der Waals surface area contributed by atoms with E-state index in [0.29, 0.717) is 5.56 Å². The summed E-state index contributed by atoms with van der Waals surface area (Å²) in [5, 5.41) is 14.7. The lowest BCUT2D eigenvalue weighted by molar-refractivity contribution is -0.384. The molecule has 2 aromatic rings. The number of halogens is 1. The third-order valence-corrected chi connectivity index (χ3v) is 3.45. The zero-order chi connectivity index (χ0) is 12.4. The predicted octanol–water partition coefficient (Wildman–Crippen LogP) is 3.36. The van der Waals surface area contributed by atoms with Gasteiger partial charge in [-0.25, -0.2) is 0 Å². The molecule has 1 atom stereocenters. The highest BCUT2D eigenvalue weighted by molar-refractivity contribution is 7.08. The van der Waals surface area contributed by atoms with Crippen molar-refractivity contribution in [2.75, 3.05) is 0 Å². The Morgan fingerprint density at radius 1 is 1.35 bits per heavy atom. The van der Waals surface area contributed by atoms with E-state index in [9.17, 15) is 10.1 Å². The molecule has 0 saturated heterocycles. The summed E-state index contributed by atoms with van der Waals surface area (Å²) in [6.45, 7) is 0. The minimum absolute atomic E-state index is 0.116. The van der Waals surface area contributed by atoms with E-state index >= 15 is 0 Å². The summed E-state index contributed by atoms with van der Waals surface area (Å²) in [5.74, 6) is 0. The maximum absolute atomic E-state index is 10.8. The second-order valence-corrected chi connectivity index (χ2v) is 4.69. The van der Waals surface area contributed by atoms with Gasteiger partial charge in [-0.15, -0.1) is 0 Å². The molecular formula is C11H9ClN2O2S. The molecule has 0 spiro atoms. The minimum Gasteiger partial charge on any atom is -0.320 e. The first kappa shape index (κ1) is 12.0. The molecule has 0 aliphatic rings. The Bertz CT molecular complexity index is 542. The number of hydrogen-bond donors (Lipinski definition) is 1. The molecule has 0 radical (unpaired) electrons. The summed E-state index contributed by atoms with van der Waals surface area (Å²) in [6.07, 6.45) is 0. The Labute approximate surface area is 107 Å². The molecule has 17 heavy (non-hydrogen) atoms. The van der Waals surface area contributed by atoms with E-state index < -0.39 is 4.92 Å². The highest BCUT2D eigenvalue weighted by atomic mass is 35.5. The van der Waals surface area contributed by atoms with Gasteiger partial charge in [0.05, 0.1) is 11.0 Å². The second kappa shape index (κ2) is 4.83. The Balaban J connectivity index is 2.40. The lowest BCUT2D eigenvalue weighted by Crippen LogP contribution is -2.11. The molecule has 1 heterocycles. The summed E-state index contributed by atoms with van der Waals surface area (Å²) in [5.41, 5.74) is 7.52. The number of rotatable bonds is 3. The molecule has 0 bridgehead atoms. The van der Waals surface area contributed by atoms with E-state index in [1.54, 1.807) is 6.07 Å². The van der Waals surface area contributed by atoms with Gasteiger partial charge in [0.1, 0.15) is 5.02 Å². The Kier molecular flexibility index (Phi) is 3.42. The fourth-order valence-corrected chi connectivity index (χ4v) is 2.39. The number of benzene rings is 1. The van der Waals surface area contributed by atoms with Gasteiger partial charge in [0.2, 0.25) is 0 Å². The number of hydrogen-bond acceptors (Lipinski definition) is 4. The molecular weight excluding hydrogens is 260 g/mol.